The second-order valence-electron chi connectivity index (χ2n) is 4.91. The molecule has 0 aromatic rings. The Morgan fingerprint density at radius 2 is 2.11 bits per heavy atom. The molecule has 0 radical (unpaired) electrons. The Morgan fingerprint density at radius 1 is 1.47 bits per heavy atom. The fourth-order valence-corrected chi connectivity index (χ4v) is 5.12. The van der Waals surface area contributed by atoms with Crippen LogP contribution >= 0.6 is 0 Å². The molecule has 0 unspecified atom stereocenters. The minimum Gasteiger partial charge on any atom is -0.310 e. The Hall–Kier alpha value is -0.700. The first-order valence-corrected chi connectivity index (χ1v) is 9.21. The Morgan fingerprint density at radius 3 is 2.63 bits per heavy atom. The van der Waals surface area contributed by atoms with Crippen molar-refractivity contribution in [1.29, 1.82) is 0 Å². The zero-order valence-electron chi connectivity index (χ0n) is 10.9. The third kappa shape index (κ3) is 2.49. The van der Waals surface area contributed by atoms with Crippen molar-refractivity contribution in [3.05, 3.63) is 21.5 Å². The zero-order chi connectivity index (χ0) is 14.4. The van der Waals surface area contributed by atoms with Crippen LogP contribution < -0.4 is 10.5 Å². The van der Waals surface area contributed by atoms with Gasteiger partial charge in [-0.05, 0) is 31.5 Å². The number of nitrogens with one attached hydrogen (secondary N) is 1. The van der Waals surface area contributed by atoms with Gasteiger partial charge in [0, 0.05) is 12.5 Å². The van der Waals surface area contributed by atoms with Gasteiger partial charge in [-0.15, -0.1) is 0 Å². The summed E-state index contributed by atoms with van der Waals surface area (Å²) in [5.74, 6) is 0. The van der Waals surface area contributed by atoms with Crippen molar-refractivity contribution in [2.24, 2.45) is 5.14 Å². The number of sulfone groups is 1. The van der Waals surface area contributed by atoms with Gasteiger partial charge in [0.2, 0.25) is 10.0 Å². The van der Waals surface area contributed by atoms with Gasteiger partial charge in [0.25, 0.3) is 0 Å². The summed E-state index contributed by atoms with van der Waals surface area (Å²) in [4.78, 5) is 0.194. The standard InChI is InChI=1S/C11H18N2O4S2/c1-3-13-10-4-7(2)18(14,15)11-6-8(5-9(10)11)19(12,16)17/h5,7,10,13H,3-4,6H2,1-2H3,(H2,12,16,17)/t7-,10-/m1/s1. The van der Waals surface area contributed by atoms with Gasteiger partial charge in [0.15, 0.2) is 9.84 Å². The second kappa shape index (κ2) is 4.69. The van der Waals surface area contributed by atoms with Gasteiger partial charge in [-0.25, -0.2) is 22.0 Å². The zero-order valence-corrected chi connectivity index (χ0v) is 12.5. The molecule has 1 aliphatic carbocycles. The molecule has 1 aliphatic heterocycles. The first-order chi connectivity index (χ1) is 8.67. The number of likely N-dealkylation sites (N-methyl/N-ethyl adjacent to an activating group) is 1. The Bertz CT molecular complexity index is 659. The summed E-state index contributed by atoms with van der Waals surface area (Å²) in [7, 11) is -7.26. The molecule has 0 bridgehead atoms. The van der Waals surface area contributed by atoms with Crippen LogP contribution in [0.15, 0.2) is 21.5 Å². The fourth-order valence-electron chi connectivity index (χ4n) is 2.58. The van der Waals surface area contributed by atoms with Crippen molar-refractivity contribution >= 4 is 19.9 Å². The third-order valence-electron chi connectivity index (χ3n) is 3.61. The lowest BCUT2D eigenvalue weighted by Gasteiger charge is -2.29. The van der Waals surface area contributed by atoms with Crippen molar-refractivity contribution in [3.8, 4) is 0 Å². The SMILES string of the molecule is CCN[C@@H]1C[C@@H](C)S(=O)(=O)C2=C1C=C(S(N)(=O)=O)C2. The maximum atomic E-state index is 12.3. The molecule has 19 heavy (non-hydrogen) atoms. The van der Waals surface area contributed by atoms with Crippen molar-refractivity contribution < 1.29 is 16.8 Å². The molecular formula is C11H18N2O4S2. The molecule has 0 aromatic carbocycles. The van der Waals surface area contributed by atoms with Gasteiger partial charge in [0.1, 0.15) is 0 Å². The van der Waals surface area contributed by atoms with Crippen LogP contribution in [0.25, 0.3) is 0 Å². The summed E-state index contributed by atoms with van der Waals surface area (Å²) in [5.41, 5.74) is 0.559. The van der Waals surface area contributed by atoms with Gasteiger partial charge < -0.3 is 5.32 Å². The molecule has 1 heterocycles. The number of hydrogen-bond acceptors (Lipinski definition) is 5. The molecule has 2 atom stereocenters. The van der Waals surface area contributed by atoms with Gasteiger partial charge in [0.05, 0.1) is 15.1 Å². The first kappa shape index (κ1) is 14.7. The smallest absolute Gasteiger partial charge is 0.234 e. The number of sulfonamides is 1. The van der Waals surface area contributed by atoms with E-state index in [2.05, 4.69) is 5.32 Å². The predicted molar refractivity (Wildman–Crippen MR) is 73.3 cm³/mol. The van der Waals surface area contributed by atoms with E-state index in [0.29, 0.717) is 18.5 Å². The lowest BCUT2D eigenvalue weighted by Crippen LogP contribution is -2.40. The van der Waals surface area contributed by atoms with E-state index < -0.39 is 25.1 Å². The minimum absolute atomic E-state index is 0.0157. The Kier molecular flexibility index (Phi) is 3.63. The number of rotatable bonds is 3. The van der Waals surface area contributed by atoms with Crippen LogP contribution in [0.1, 0.15) is 26.7 Å². The van der Waals surface area contributed by atoms with Gasteiger partial charge in [-0.2, -0.15) is 0 Å². The van der Waals surface area contributed by atoms with E-state index in [9.17, 15) is 16.8 Å². The highest BCUT2D eigenvalue weighted by Crippen LogP contribution is 2.40. The minimum atomic E-state index is -3.84. The maximum absolute atomic E-state index is 12.3. The van der Waals surface area contributed by atoms with E-state index in [0.717, 1.165) is 0 Å². The normalized spacial score (nSPS) is 30.2. The van der Waals surface area contributed by atoms with Crippen LogP contribution in [-0.2, 0) is 19.9 Å². The lowest BCUT2D eigenvalue weighted by molar-refractivity contribution is 0.519. The molecular weight excluding hydrogens is 288 g/mol. The topological polar surface area (TPSA) is 106 Å². The van der Waals surface area contributed by atoms with Gasteiger partial charge in [-0.1, -0.05) is 6.92 Å². The lowest BCUT2D eigenvalue weighted by atomic mass is 10.0. The van der Waals surface area contributed by atoms with Crippen molar-refractivity contribution in [2.45, 2.75) is 38.0 Å². The van der Waals surface area contributed by atoms with E-state index in [-0.39, 0.29) is 22.3 Å². The molecule has 2 aliphatic rings. The van der Waals surface area contributed by atoms with Crippen LogP contribution in [0.4, 0.5) is 0 Å². The summed E-state index contributed by atoms with van der Waals surface area (Å²) >= 11 is 0. The number of allylic oxidation sites excluding steroid dienone is 2. The first-order valence-electron chi connectivity index (χ1n) is 6.11. The summed E-state index contributed by atoms with van der Waals surface area (Å²) in [6.45, 7) is 4.26. The maximum Gasteiger partial charge on any atom is 0.234 e. The van der Waals surface area contributed by atoms with E-state index >= 15 is 0 Å². The van der Waals surface area contributed by atoms with Crippen molar-refractivity contribution in [3.63, 3.8) is 0 Å². The van der Waals surface area contributed by atoms with Gasteiger partial charge >= 0.3 is 0 Å². The van der Waals surface area contributed by atoms with Crippen LogP contribution in [0.3, 0.4) is 0 Å². The van der Waals surface area contributed by atoms with E-state index in [4.69, 9.17) is 5.14 Å². The van der Waals surface area contributed by atoms with E-state index in [1.54, 1.807) is 6.92 Å². The molecule has 0 aromatic heterocycles. The predicted octanol–water partition coefficient (Wildman–Crippen LogP) is 0.00170. The molecule has 0 amide bonds. The van der Waals surface area contributed by atoms with E-state index in [1.807, 2.05) is 6.92 Å². The molecule has 6 nitrogen and oxygen atoms in total. The summed E-state index contributed by atoms with van der Waals surface area (Å²) in [5, 5.41) is 7.78. The van der Waals surface area contributed by atoms with Crippen LogP contribution in [0.2, 0.25) is 0 Å². The fraction of sp³-hybridized carbons (Fsp3) is 0.636. The molecule has 0 spiro atoms. The van der Waals surface area contributed by atoms with Crippen LogP contribution in [0.5, 0.6) is 0 Å². The van der Waals surface area contributed by atoms with Gasteiger partial charge in [-0.3, -0.25) is 0 Å². The molecule has 2 rings (SSSR count). The second-order valence-corrected chi connectivity index (χ2v) is 8.91. The third-order valence-corrected chi connectivity index (χ3v) is 6.92. The molecule has 108 valence electrons. The molecule has 0 saturated heterocycles. The molecule has 3 N–H and O–H groups in total. The quantitative estimate of drug-likeness (QED) is 0.763. The Balaban J connectivity index is 2.50. The highest BCUT2D eigenvalue weighted by molar-refractivity contribution is 7.96. The highest BCUT2D eigenvalue weighted by atomic mass is 32.2. The number of primary sulfonamides is 1. The average molecular weight is 306 g/mol. The average Bonchev–Trinajstić information content (AvgIpc) is 2.72. The van der Waals surface area contributed by atoms with Crippen LogP contribution in [-0.4, -0.2) is 34.7 Å². The van der Waals surface area contributed by atoms with Crippen molar-refractivity contribution in [2.75, 3.05) is 6.54 Å². The van der Waals surface area contributed by atoms with Crippen LogP contribution in [0, 0.1) is 0 Å². The summed E-state index contributed by atoms with van der Waals surface area (Å²) in [6, 6.07) is -0.127. The number of nitrogens with two attached hydrogens (primary N) is 1. The largest absolute Gasteiger partial charge is 0.310 e. The number of hydrogen-bond donors (Lipinski definition) is 2. The Labute approximate surface area is 113 Å². The van der Waals surface area contributed by atoms with Crippen molar-refractivity contribution in [1.82, 2.24) is 5.32 Å². The molecule has 8 heteroatoms. The molecule has 0 saturated carbocycles. The molecule has 0 fully saturated rings. The summed E-state index contributed by atoms with van der Waals surface area (Å²) < 4.78 is 47.3. The highest BCUT2D eigenvalue weighted by Gasteiger charge is 2.41. The monoisotopic (exact) mass is 306 g/mol. The summed E-state index contributed by atoms with van der Waals surface area (Å²) in [6.07, 6.45) is 1.76. The van der Waals surface area contributed by atoms with E-state index in [1.165, 1.54) is 6.08 Å².